The van der Waals surface area contributed by atoms with Gasteiger partial charge in [0.2, 0.25) is 0 Å². The zero-order chi connectivity index (χ0) is 18.9. The SMILES string of the molecule is CN=C(NCCCCn1cnnc1)NC1CCN(c2cccc(C)n2)CC1. The number of unbranched alkanes of at least 4 members (excludes halogenated alkanes) is 1. The Morgan fingerprint density at radius 3 is 2.67 bits per heavy atom. The van der Waals surface area contributed by atoms with Gasteiger partial charge in [-0.1, -0.05) is 6.07 Å². The van der Waals surface area contributed by atoms with Gasteiger partial charge in [-0.2, -0.15) is 0 Å². The zero-order valence-electron chi connectivity index (χ0n) is 16.3. The van der Waals surface area contributed by atoms with Crippen LogP contribution >= 0.6 is 0 Å². The summed E-state index contributed by atoms with van der Waals surface area (Å²) in [4.78, 5) is 11.4. The van der Waals surface area contributed by atoms with Crippen molar-refractivity contribution in [1.82, 2.24) is 30.4 Å². The fraction of sp³-hybridized carbons (Fsp3) is 0.579. The normalized spacial score (nSPS) is 15.8. The number of piperidine rings is 1. The third-order valence-electron chi connectivity index (χ3n) is 4.86. The molecule has 146 valence electrons. The molecule has 2 aromatic heterocycles. The highest BCUT2D eigenvalue weighted by Gasteiger charge is 2.20. The topological polar surface area (TPSA) is 83.3 Å². The molecule has 2 aromatic rings. The van der Waals surface area contributed by atoms with Gasteiger partial charge in [-0.15, -0.1) is 10.2 Å². The summed E-state index contributed by atoms with van der Waals surface area (Å²) in [6, 6.07) is 6.67. The number of nitrogens with one attached hydrogen (secondary N) is 2. The van der Waals surface area contributed by atoms with Crippen molar-refractivity contribution in [2.75, 3.05) is 31.6 Å². The molecular formula is C19H30N8. The van der Waals surface area contributed by atoms with E-state index < -0.39 is 0 Å². The lowest BCUT2D eigenvalue weighted by Crippen LogP contribution is -2.49. The summed E-state index contributed by atoms with van der Waals surface area (Å²) in [5.74, 6) is 1.98. The molecule has 1 aliphatic rings. The molecule has 0 radical (unpaired) electrons. The number of guanidine groups is 1. The summed E-state index contributed by atoms with van der Waals surface area (Å²) >= 11 is 0. The summed E-state index contributed by atoms with van der Waals surface area (Å²) in [5.41, 5.74) is 1.07. The van der Waals surface area contributed by atoms with Crippen LogP contribution in [-0.2, 0) is 6.54 Å². The lowest BCUT2D eigenvalue weighted by atomic mass is 10.1. The number of nitrogens with zero attached hydrogens (tertiary/aromatic N) is 6. The molecule has 0 spiro atoms. The van der Waals surface area contributed by atoms with E-state index in [1.807, 2.05) is 24.6 Å². The maximum absolute atomic E-state index is 4.64. The first-order valence-electron chi connectivity index (χ1n) is 9.73. The first-order valence-corrected chi connectivity index (χ1v) is 9.73. The van der Waals surface area contributed by atoms with Crippen LogP contribution in [0.4, 0.5) is 5.82 Å². The molecule has 3 rings (SSSR count). The van der Waals surface area contributed by atoms with Gasteiger partial charge in [0.25, 0.3) is 0 Å². The van der Waals surface area contributed by atoms with Gasteiger partial charge in [0.05, 0.1) is 0 Å². The second-order valence-electron chi connectivity index (χ2n) is 6.95. The number of aryl methyl sites for hydroxylation is 2. The van der Waals surface area contributed by atoms with Crippen LogP contribution in [-0.4, -0.2) is 58.4 Å². The van der Waals surface area contributed by atoms with Crippen molar-refractivity contribution < 1.29 is 0 Å². The molecule has 0 atom stereocenters. The number of hydrogen-bond donors (Lipinski definition) is 2. The second-order valence-corrected chi connectivity index (χ2v) is 6.95. The van der Waals surface area contributed by atoms with Gasteiger partial charge < -0.3 is 20.1 Å². The van der Waals surface area contributed by atoms with Crippen LogP contribution < -0.4 is 15.5 Å². The fourth-order valence-electron chi connectivity index (χ4n) is 3.31. The van der Waals surface area contributed by atoms with Gasteiger partial charge in [-0.25, -0.2) is 4.98 Å². The molecule has 1 aliphatic heterocycles. The van der Waals surface area contributed by atoms with Gasteiger partial charge in [0.15, 0.2) is 5.96 Å². The van der Waals surface area contributed by atoms with Gasteiger partial charge in [0, 0.05) is 45.0 Å². The summed E-state index contributed by atoms with van der Waals surface area (Å²) in [7, 11) is 1.83. The Hall–Kier alpha value is -2.64. The van der Waals surface area contributed by atoms with E-state index in [9.17, 15) is 0 Å². The van der Waals surface area contributed by atoms with E-state index in [1.165, 1.54) is 0 Å². The number of aliphatic imine (C=N–C) groups is 1. The monoisotopic (exact) mass is 370 g/mol. The minimum atomic E-state index is 0.453. The Labute approximate surface area is 161 Å². The first kappa shape index (κ1) is 19.1. The van der Waals surface area contributed by atoms with Crippen molar-refractivity contribution in [3.8, 4) is 0 Å². The Kier molecular flexibility index (Phi) is 7.01. The summed E-state index contributed by atoms with van der Waals surface area (Å²) < 4.78 is 2.00. The van der Waals surface area contributed by atoms with E-state index >= 15 is 0 Å². The Morgan fingerprint density at radius 1 is 1.19 bits per heavy atom. The first-order chi connectivity index (χ1) is 13.2. The van der Waals surface area contributed by atoms with E-state index in [0.29, 0.717) is 6.04 Å². The van der Waals surface area contributed by atoms with Gasteiger partial charge >= 0.3 is 0 Å². The highest BCUT2D eigenvalue weighted by molar-refractivity contribution is 5.79. The Bertz CT molecular complexity index is 704. The maximum Gasteiger partial charge on any atom is 0.191 e. The Balaban J connectivity index is 1.34. The summed E-state index contributed by atoms with van der Waals surface area (Å²) in [6.45, 7) is 5.94. The number of anilines is 1. The smallest absolute Gasteiger partial charge is 0.191 e. The zero-order valence-corrected chi connectivity index (χ0v) is 16.3. The molecular weight excluding hydrogens is 340 g/mol. The molecule has 2 N–H and O–H groups in total. The molecule has 0 aliphatic carbocycles. The van der Waals surface area contributed by atoms with Crippen LogP contribution in [0, 0.1) is 6.92 Å². The average Bonchev–Trinajstić information content (AvgIpc) is 3.21. The molecule has 1 saturated heterocycles. The predicted octanol–water partition coefficient (Wildman–Crippen LogP) is 1.60. The second kappa shape index (κ2) is 9.89. The highest BCUT2D eigenvalue weighted by atomic mass is 15.2. The maximum atomic E-state index is 4.64. The molecule has 0 unspecified atom stereocenters. The van der Waals surface area contributed by atoms with E-state index in [-0.39, 0.29) is 0 Å². The van der Waals surface area contributed by atoms with Crippen LogP contribution in [0.25, 0.3) is 0 Å². The molecule has 0 amide bonds. The van der Waals surface area contributed by atoms with E-state index in [4.69, 9.17) is 0 Å². The van der Waals surface area contributed by atoms with E-state index in [1.54, 1.807) is 12.7 Å². The molecule has 0 aromatic carbocycles. The molecule has 8 nitrogen and oxygen atoms in total. The number of pyridine rings is 1. The average molecular weight is 371 g/mol. The molecule has 0 bridgehead atoms. The largest absolute Gasteiger partial charge is 0.356 e. The number of rotatable bonds is 7. The third-order valence-corrected chi connectivity index (χ3v) is 4.86. The summed E-state index contributed by atoms with van der Waals surface area (Å²) in [6.07, 6.45) is 7.85. The standard InChI is InChI=1S/C19H30N8/c1-16-6-5-7-18(24-16)27-12-8-17(9-13-27)25-19(20-2)21-10-3-4-11-26-14-22-23-15-26/h5-7,14-15,17H,3-4,8-13H2,1-2H3,(H2,20,21,25). The van der Waals surface area contributed by atoms with Crippen LogP contribution in [0.5, 0.6) is 0 Å². The lowest BCUT2D eigenvalue weighted by molar-refractivity contribution is 0.459. The molecule has 0 saturated carbocycles. The molecule has 1 fully saturated rings. The van der Waals surface area contributed by atoms with Crippen LogP contribution in [0.2, 0.25) is 0 Å². The molecule has 27 heavy (non-hydrogen) atoms. The quantitative estimate of drug-likeness (QED) is 0.438. The van der Waals surface area contributed by atoms with Crippen molar-refractivity contribution in [1.29, 1.82) is 0 Å². The minimum Gasteiger partial charge on any atom is -0.356 e. The van der Waals surface area contributed by atoms with Gasteiger partial charge in [-0.05, 0) is 44.7 Å². The van der Waals surface area contributed by atoms with Crippen molar-refractivity contribution in [2.24, 2.45) is 4.99 Å². The number of aromatic nitrogens is 4. The van der Waals surface area contributed by atoms with Crippen molar-refractivity contribution in [2.45, 2.75) is 45.2 Å². The summed E-state index contributed by atoms with van der Waals surface area (Å²) in [5, 5.41) is 14.6. The van der Waals surface area contributed by atoms with E-state index in [0.717, 1.165) is 69.3 Å². The Morgan fingerprint density at radius 2 is 1.96 bits per heavy atom. The van der Waals surface area contributed by atoms with Crippen LogP contribution in [0.15, 0.2) is 35.8 Å². The molecule has 8 heteroatoms. The van der Waals surface area contributed by atoms with Gasteiger partial charge in [-0.3, -0.25) is 4.99 Å². The minimum absolute atomic E-state index is 0.453. The van der Waals surface area contributed by atoms with Crippen molar-refractivity contribution in [3.63, 3.8) is 0 Å². The fourth-order valence-corrected chi connectivity index (χ4v) is 3.31. The highest BCUT2D eigenvalue weighted by Crippen LogP contribution is 2.18. The van der Waals surface area contributed by atoms with Crippen LogP contribution in [0.1, 0.15) is 31.4 Å². The van der Waals surface area contributed by atoms with E-state index in [2.05, 4.69) is 47.8 Å². The van der Waals surface area contributed by atoms with Crippen molar-refractivity contribution in [3.05, 3.63) is 36.5 Å². The predicted molar refractivity (Wildman–Crippen MR) is 108 cm³/mol. The van der Waals surface area contributed by atoms with Gasteiger partial charge in [0.1, 0.15) is 18.5 Å². The van der Waals surface area contributed by atoms with Crippen molar-refractivity contribution >= 4 is 11.8 Å². The third kappa shape index (κ3) is 5.94. The number of hydrogen-bond acceptors (Lipinski definition) is 5. The lowest BCUT2D eigenvalue weighted by Gasteiger charge is -2.34. The molecule has 3 heterocycles. The van der Waals surface area contributed by atoms with Crippen LogP contribution in [0.3, 0.4) is 0 Å².